The molecule has 0 atom stereocenters. The van der Waals surface area contributed by atoms with E-state index in [1.807, 2.05) is 0 Å². The van der Waals surface area contributed by atoms with Gasteiger partial charge in [0.15, 0.2) is 8.07 Å². The SMILES string of the molecule is CC(C)(C)c1ccc2c(c1)[Si]1(c3ccccc3-c3ccc(N4c5ccccc5C5(c6ccccc6-c6ccccc65)c5c4ccc4ccccc54)cc31)c1cc(C(C)(C)C)ccc1-2. The highest BCUT2D eigenvalue weighted by Gasteiger charge is 2.56. The lowest BCUT2D eigenvalue weighted by atomic mass is 9.63. The van der Waals surface area contributed by atoms with Crippen molar-refractivity contribution in [3.63, 3.8) is 0 Å². The topological polar surface area (TPSA) is 3.24 Å². The lowest BCUT2D eigenvalue weighted by Gasteiger charge is -2.46. The number of rotatable bonds is 1. The molecule has 0 bridgehead atoms. The van der Waals surface area contributed by atoms with Crippen LogP contribution in [0.1, 0.15) is 74.9 Å². The van der Waals surface area contributed by atoms with E-state index in [1.54, 1.807) is 0 Å². The molecule has 1 aliphatic carbocycles. The van der Waals surface area contributed by atoms with Crippen molar-refractivity contribution >= 4 is 56.7 Å². The number of hydrogen-bond acceptors (Lipinski definition) is 1. The molecule has 4 aliphatic rings. The third-order valence-electron chi connectivity index (χ3n) is 15.2. The summed E-state index contributed by atoms with van der Waals surface area (Å²) in [7, 11) is -2.85. The number of anilines is 3. The van der Waals surface area contributed by atoms with E-state index in [4.69, 9.17) is 0 Å². The predicted molar refractivity (Wildman–Crippen MR) is 268 cm³/mol. The fourth-order valence-electron chi connectivity index (χ4n) is 12.4. The van der Waals surface area contributed by atoms with Gasteiger partial charge in [-0.05, 0) is 128 Å². The van der Waals surface area contributed by atoms with Crippen LogP contribution in [0.5, 0.6) is 0 Å². The quantitative estimate of drug-likeness (QED) is 0.149. The zero-order chi connectivity index (χ0) is 42.6. The van der Waals surface area contributed by atoms with Crippen molar-refractivity contribution in [3.05, 3.63) is 221 Å². The van der Waals surface area contributed by atoms with E-state index >= 15 is 0 Å². The summed E-state index contributed by atoms with van der Waals surface area (Å²) in [6, 6.07) is 73.3. The summed E-state index contributed by atoms with van der Waals surface area (Å²) in [6.45, 7) is 14.2. The Hall–Kier alpha value is -6.74. The van der Waals surface area contributed by atoms with Crippen LogP contribution in [0.4, 0.5) is 17.1 Å². The van der Waals surface area contributed by atoms with Crippen molar-refractivity contribution in [2.45, 2.75) is 57.8 Å². The smallest absolute Gasteiger partial charge is 0.182 e. The molecule has 302 valence electrons. The van der Waals surface area contributed by atoms with Gasteiger partial charge in [-0.3, -0.25) is 0 Å². The van der Waals surface area contributed by atoms with E-state index < -0.39 is 13.5 Å². The first-order valence-corrected chi connectivity index (χ1v) is 24.7. The first-order valence-electron chi connectivity index (χ1n) is 22.7. The summed E-state index contributed by atoms with van der Waals surface area (Å²) >= 11 is 0. The second kappa shape index (κ2) is 12.5. The number of para-hydroxylation sites is 1. The molecule has 0 radical (unpaired) electrons. The van der Waals surface area contributed by atoms with Crippen LogP contribution in [-0.4, -0.2) is 8.07 Å². The Morgan fingerprint density at radius 2 is 0.873 bits per heavy atom. The van der Waals surface area contributed by atoms with E-state index in [0.717, 1.165) is 0 Å². The van der Waals surface area contributed by atoms with Gasteiger partial charge in [-0.1, -0.05) is 205 Å². The van der Waals surface area contributed by atoms with E-state index in [0.29, 0.717) is 0 Å². The second-order valence-corrected chi connectivity index (χ2v) is 24.1. The first-order chi connectivity index (χ1) is 30.5. The van der Waals surface area contributed by atoms with E-state index in [9.17, 15) is 0 Å². The number of hydrogen-bond donors (Lipinski definition) is 0. The zero-order valence-electron chi connectivity index (χ0n) is 36.8. The Bertz CT molecular complexity index is 3340. The molecule has 0 aromatic heterocycles. The second-order valence-electron chi connectivity index (χ2n) is 20.4. The summed E-state index contributed by atoms with van der Waals surface area (Å²) < 4.78 is 0. The summed E-state index contributed by atoms with van der Waals surface area (Å²) in [4.78, 5) is 2.62. The maximum Gasteiger partial charge on any atom is 0.182 e. The van der Waals surface area contributed by atoms with Crippen molar-refractivity contribution in [3.8, 4) is 33.4 Å². The molecule has 63 heavy (non-hydrogen) atoms. The lowest BCUT2D eigenvalue weighted by Crippen LogP contribution is -2.71. The molecule has 3 heterocycles. The molecule has 9 aromatic rings. The van der Waals surface area contributed by atoms with Crippen molar-refractivity contribution in [1.29, 1.82) is 0 Å². The Balaban J connectivity index is 1.14. The molecule has 2 heteroatoms. The molecular weight excluding hydrogens is 775 g/mol. The Morgan fingerprint density at radius 1 is 0.381 bits per heavy atom. The van der Waals surface area contributed by atoms with Crippen molar-refractivity contribution in [2.75, 3.05) is 4.90 Å². The molecule has 0 saturated heterocycles. The van der Waals surface area contributed by atoms with Gasteiger partial charge in [-0.2, -0.15) is 0 Å². The van der Waals surface area contributed by atoms with Crippen LogP contribution in [0.25, 0.3) is 44.2 Å². The fraction of sp³-hybridized carbons (Fsp3) is 0.148. The third kappa shape index (κ3) is 4.62. The molecule has 0 N–H and O–H groups in total. The third-order valence-corrected chi connectivity index (χ3v) is 20.1. The molecule has 0 saturated carbocycles. The van der Waals surface area contributed by atoms with Gasteiger partial charge in [0.05, 0.1) is 16.8 Å². The average Bonchev–Trinajstić information content (AvgIpc) is 3.88. The van der Waals surface area contributed by atoms with Crippen molar-refractivity contribution < 1.29 is 0 Å². The summed E-state index contributed by atoms with van der Waals surface area (Å²) in [5, 5.41) is 8.62. The number of fused-ring (bicyclic) bond motifs is 21. The minimum atomic E-state index is -2.85. The summed E-state index contributed by atoms with van der Waals surface area (Å²) in [5.74, 6) is 0. The van der Waals surface area contributed by atoms with Crippen LogP contribution in [0.15, 0.2) is 188 Å². The van der Waals surface area contributed by atoms with Gasteiger partial charge in [0.2, 0.25) is 0 Å². The van der Waals surface area contributed by atoms with Gasteiger partial charge in [0.1, 0.15) is 0 Å². The van der Waals surface area contributed by atoms with Gasteiger partial charge in [-0.15, -0.1) is 0 Å². The van der Waals surface area contributed by atoms with Crippen LogP contribution in [-0.2, 0) is 16.2 Å². The monoisotopic (exact) mass is 823 g/mol. The van der Waals surface area contributed by atoms with E-state index in [1.165, 1.54) is 115 Å². The average molecular weight is 824 g/mol. The largest absolute Gasteiger partial charge is 0.310 e. The molecule has 0 unspecified atom stereocenters. The van der Waals surface area contributed by atoms with Gasteiger partial charge < -0.3 is 4.90 Å². The maximum absolute atomic E-state index is 2.85. The van der Waals surface area contributed by atoms with Gasteiger partial charge >= 0.3 is 0 Å². The van der Waals surface area contributed by atoms with Crippen LogP contribution >= 0.6 is 0 Å². The minimum absolute atomic E-state index is 0.0101. The highest BCUT2D eigenvalue weighted by Crippen LogP contribution is 2.64. The zero-order valence-corrected chi connectivity index (χ0v) is 37.8. The van der Waals surface area contributed by atoms with E-state index in [-0.39, 0.29) is 10.8 Å². The molecule has 3 aliphatic heterocycles. The lowest BCUT2D eigenvalue weighted by molar-refractivity contribution is 0.590. The predicted octanol–water partition coefficient (Wildman–Crippen LogP) is 12.9. The number of nitrogens with zero attached hydrogens (tertiary/aromatic N) is 1. The highest BCUT2D eigenvalue weighted by molar-refractivity contribution is 7.24. The van der Waals surface area contributed by atoms with Gasteiger partial charge in [0, 0.05) is 11.3 Å². The minimum Gasteiger partial charge on any atom is -0.310 e. The van der Waals surface area contributed by atoms with Crippen LogP contribution in [0.3, 0.4) is 0 Å². The molecule has 9 aromatic carbocycles. The van der Waals surface area contributed by atoms with Crippen LogP contribution in [0, 0.1) is 0 Å². The summed E-state index contributed by atoms with van der Waals surface area (Å²) in [6.07, 6.45) is 0. The van der Waals surface area contributed by atoms with Crippen molar-refractivity contribution in [2.24, 2.45) is 0 Å². The van der Waals surface area contributed by atoms with E-state index in [2.05, 4.69) is 234 Å². The van der Waals surface area contributed by atoms with Crippen LogP contribution < -0.4 is 25.6 Å². The van der Waals surface area contributed by atoms with Gasteiger partial charge in [0.25, 0.3) is 0 Å². The fourth-order valence-corrected chi connectivity index (χ4v) is 18.1. The molecule has 2 spiro atoms. The number of benzene rings is 9. The molecule has 0 fully saturated rings. The first kappa shape index (κ1) is 36.9. The molecule has 13 rings (SSSR count). The Labute approximate surface area is 372 Å². The van der Waals surface area contributed by atoms with Crippen molar-refractivity contribution in [1.82, 2.24) is 0 Å². The Kier molecular flexibility index (Phi) is 7.29. The van der Waals surface area contributed by atoms with Gasteiger partial charge in [-0.25, -0.2) is 0 Å². The molecule has 1 nitrogen and oxygen atoms in total. The maximum atomic E-state index is 2.64. The molecule has 0 amide bonds. The normalized spacial score (nSPS) is 15.4. The van der Waals surface area contributed by atoms with Crippen LogP contribution in [0.2, 0.25) is 0 Å². The standard InChI is InChI=1S/C61H49NSi/c1-59(2,3)39-28-31-46-47-32-29-40(60(4,5)6)36-56(47)63(55(46)35-39)54-26-16-11-21-45(54)48-33-30-41(37-57(48)63)62-52-25-15-14-24-51(52)61(58-42-18-8-7-17-38(42)27-34-53(58)62)49-22-12-9-19-43(49)44-20-10-13-23-50(44)61/h7-37H,1-6H3. The highest BCUT2D eigenvalue weighted by atomic mass is 28.3. The Morgan fingerprint density at radius 3 is 1.51 bits per heavy atom. The molecular formula is C61H49NSi. The summed E-state index contributed by atoms with van der Waals surface area (Å²) in [5.41, 5.74) is 19.6.